The Morgan fingerprint density at radius 2 is 1.86 bits per heavy atom. The van der Waals surface area contributed by atoms with Gasteiger partial charge >= 0.3 is 5.97 Å². The van der Waals surface area contributed by atoms with Crippen LogP contribution in [0.3, 0.4) is 0 Å². The van der Waals surface area contributed by atoms with Crippen LogP contribution in [0.4, 0.5) is 10.1 Å². The average Bonchev–Trinajstić information content (AvgIpc) is 2.91. The molecule has 28 heavy (non-hydrogen) atoms. The van der Waals surface area contributed by atoms with Gasteiger partial charge in [-0.15, -0.1) is 0 Å². The van der Waals surface area contributed by atoms with Crippen LogP contribution in [0.5, 0.6) is 0 Å². The summed E-state index contributed by atoms with van der Waals surface area (Å²) in [7, 11) is -4.17. The summed E-state index contributed by atoms with van der Waals surface area (Å²) >= 11 is 0. The number of ether oxygens (including phenoxy) is 1. The number of hydrogen-bond donors (Lipinski definition) is 3. The second-order valence-corrected chi connectivity index (χ2v) is 7.84. The number of sulfonamides is 1. The number of esters is 1. The number of aryl methyl sites for hydroxylation is 3. The summed E-state index contributed by atoms with van der Waals surface area (Å²) in [5, 5.41) is 2.51. The van der Waals surface area contributed by atoms with E-state index in [9.17, 15) is 22.4 Å². The van der Waals surface area contributed by atoms with Crippen molar-refractivity contribution in [3.05, 3.63) is 46.5 Å². The molecule has 0 atom stereocenters. The van der Waals surface area contributed by atoms with Crippen molar-refractivity contribution in [2.45, 2.75) is 32.6 Å². The molecule has 1 heterocycles. The van der Waals surface area contributed by atoms with Crippen LogP contribution < -0.4 is 10.0 Å². The normalized spacial score (nSPS) is 11.3. The third-order valence-electron chi connectivity index (χ3n) is 3.95. The molecule has 0 fully saturated rings. The zero-order chi connectivity index (χ0) is 21.1. The van der Waals surface area contributed by atoms with E-state index in [1.165, 1.54) is 25.1 Å². The van der Waals surface area contributed by atoms with Crippen molar-refractivity contribution in [1.29, 1.82) is 0 Å². The first-order chi connectivity index (χ1) is 13.1. The van der Waals surface area contributed by atoms with Gasteiger partial charge in [-0.3, -0.25) is 4.79 Å². The molecule has 1 aromatic heterocycles. The van der Waals surface area contributed by atoms with Crippen LogP contribution in [0.25, 0.3) is 0 Å². The van der Waals surface area contributed by atoms with Crippen LogP contribution in [-0.4, -0.2) is 38.4 Å². The number of hydrogen-bond acceptors (Lipinski definition) is 5. The largest absolute Gasteiger partial charge is 0.462 e. The molecule has 0 radical (unpaired) electrons. The van der Waals surface area contributed by atoms with Crippen LogP contribution in [0.15, 0.2) is 23.1 Å². The summed E-state index contributed by atoms with van der Waals surface area (Å²) in [5.41, 5.74) is 1.37. The molecule has 0 spiro atoms. The van der Waals surface area contributed by atoms with Crippen molar-refractivity contribution in [2.75, 3.05) is 18.5 Å². The number of rotatable bonds is 7. The minimum atomic E-state index is -4.17. The van der Waals surface area contributed by atoms with Gasteiger partial charge in [0.15, 0.2) is 0 Å². The summed E-state index contributed by atoms with van der Waals surface area (Å²) in [5.74, 6) is -1.85. The molecule has 1 aromatic carbocycles. The predicted molar refractivity (Wildman–Crippen MR) is 101 cm³/mol. The van der Waals surface area contributed by atoms with Gasteiger partial charge in [-0.1, -0.05) is 0 Å². The lowest BCUT2D eigenvalue weighted by molar-refractivity contribution is -0.115. The molecule has 0 unspecified atom stereocenters. The van der Waals surface area contributed by atoms with E-state index in [0.29, 0.717) is 16.9 Å². The Hall–Kier alpha value is -2.72. The maximum Gasteiger partial charge on any atom is 0.341 e. The second-order valence-electron chi connectivity index (χ2n) is 6.13. The first kappa shape index (κ1) is 21.6. The number of aromatic nitrogens is 1. The van der Waals surface area contributed by atoms with E-state index in [0.717, 1.165) is 0 Å². The molecule has 2 rings (SSSR count). The fourth-order valence-corrected chi connectivity index (χ4v) is 4.16. The van der Waals surface area contributed by atoms with E-state index in [-0.39, 0.29) is 22.8 Å². The highest BCUT2D eigenvalue weighted by Crippen LogP contribution is 2.24. The number of carbonyl (C=O) groups excluding carboxylic acids is 2. The Morgan fingerprint density at radius 3 is 2.46 bits per heavy atom. The number of carbonyl (C=O) groups is 2. The number of aromatic amines is 1. The van der Waals surface area contributed by atoms with E-state index in [4.69, 9.17) is 4.74 Å². The Bertz CT molecular complexity index is 1010. The molecule has 0 bridgehead atoms. The fourth-order valence-electron chi connectivity index (χ4n) is 2.74. The molecule has 0 aliphatic heterocycles. The Morgan fingerprint density at radius 1 is 1.18 bits per heavy atom. The lowest BCUT2D eigenvalue weighted by atomic mass is 10.2. The van der Waals surface area contributed by atoms with Crippen molar-refractivity contribution < 1.29 is 27.1 Å². The Labute approximate surface area is 162 Å². The van der Waals surface area contributed by atoms with Gasteiger partial charge in [0.1, 0.15) is 16.3 Å². The third-order valence-corrected chi connectivity index (χ3v) is 5.52. The maximum absolute atomic E-state index is 13.1. The minimum Gasteiger partial charge on any atom is -0.462 e. The fraction of sp³-hybridized carbons (Fsp3) is 0.333. The lowest BCUT2D eigenvalue weighted by Crippen LogP contribution is -2.34. The Balaban J connectivity index is 2.18. The number of anilines is 1. The van der Waals surface area contributed by atoms with Crippen LogP contribution in [0.2, 0.25) is 0 Å². The highest BCUT2D eigenvalue weighted by Gasteiger charge is 2.30. The number of benzene rings is 1. The van der Waals surface area contributed by atoms with Crippen molar-refractivity contribution in [3.63, 3.8) is 0 Å². The standard InChI is InChI=1S/C18H22FN3O5S/c1-5-27-18(24)16-11(3)21-12(4)17(16)28(25,26)20-9-15(23)22-14-7-6-13(19)8-10(14)2/h6-8,20-21H,5,9H2,1-4H3,(H,22,23). The number of amides is 1. The molecule has 0 aliphatic rings. The zero-order valence-corrected chi connectivity index (χ0v) is 16.8. The van der Waals surface area contributed by atoms with Crippen molar-refractivity contribution in [1.82, 2.24) is 9.71 Å². The van der Waals surface area contributed by atoms with E-state index < -0.39 is 34.3 Å². The molecular formula is C18H22FN3O5S. The topological polar surface area (TPSA) is 117 Å². The predicted octanol–water partition coefficient (Wildman–Crippen LogP) is 2.17. The molecule has 0 saturated carbocycles. The summed E-state index contributed by atoms with van der Waals surface area (Å²) in [6.07, 6.45) is 0. The highest BCUT2D eigenvalue weighted by atomic mass is 32.2. The SMILES string of the molecule is CCOC(=O)c1c(C)[nH]c(C)c1S(=O)(=O)NCC(=O)Nc1ccc(F)cc1C. The quantitative estimate of drug-likeness (QED) is 0.604. The van der Waals surface area contributed by atoms with E-state index in [1.54, 1.807) is 20.8 Å². The van der Waals surface area contributed by atoms with E-state index >= 15 is 0 Å². The summed E-state index contributed by atoms with van der Waals surface area (Å²) in [6.45, 7) is 5.82. The summed E-state index contributed by atoms with van der Waals surface area (Å²) < 4.78 is 45.6. The van der Waals surface area contributed by atoms with Crippen molar-refractivity contribution in [2.24, 2.45) is 0 Å². The van der Waals surface area contributed by atoms with Gasteiger partial charge in [0.2, 0.25) is 15.9 Å². The molecule has 152 valence electrons. The van der Waals surface area contributed by atoms with Crippen LogP contribution in [0, 0.1) is 26.6 Å². The smallest absolute Gasteiger partial charge is 0.341 e. The summed E-state index contributed by atoms with van der Waals surface area (Å²) in [6, 6.07) is 3.82. The second kappa shape index (κ2) is 8.53. The average molecular weight is 411 g/mol. The first-order valence-corrected chi connectivity index (χ1v) is 9.97. The van der Waals surface area contributed by atoms with Gasteiger partial charge in [0.25, 0.3) is 0 Å². The molecular weight excluding hydrogens is 389 g/mol. The van der Waals surface area contributed by atoms with Crippen molar-refractivity contribution in [3.8, 4) is 0 Å². The van der Waals surface area contributed by atoms with Crippen LogP contribution in [0.1, 0.15) is 34.2 Å². The maximum atomic E-state index is 13.1. The molecule has 2 aromatic rings. The summed E-state index contributed by atoms with van der Waals surface area (Å²) in [4.78, 5) is 26.8. The highest BCUT2D eigenvalue weighted by molar-refractivity contribution is 7.89. The molecule has 8 nitrogen and oxygen atoms in total. The molecule has 3 N–H and O–H groups in total. The van der Waals surface area contributed by atoms with Crippen molar-refractivity contribution >= 4 is 27.6 Å². The molecule has 1 amide bonds. The minimum absolute atomic E-state index is 0.0921. The Kier molecular flexibility index (Phi) is 6.57. The number of nitrogens with one attached hydrogen (secondary N) is 3. The van der Waals surface area contributed by atoms with Crippen LogP contribution in [-0.2, 0) is 19.6 Å². The van der Waals surface area contributed by atoms with Gasteiger partial charge < -0.3 is 15.0 Å². The van der Waals surface area contributed by atoms with Gasteiger partial charge in [0, 0.05) is 17.1 Å². The lowest BCUT2D eigenvalue weighted by Gasteiger charge is -2.11. The molecule has 0 aliphatic carbocycles. The van der Waals surface area contributed by atoms with E-state index in [1.807, 2.05) is 0 Å². The monoisotopic (exact) mass is 411 g/mol. The number of H-pyrrole nitrogens is 1. The van der Waals surface area contributed by atoms with Gasteiger partial charge in [-0.25, -0.2) is 22.3 Å². The van der Waals surface area contributed by atoms with Gasteiger partial charge in [-0.2, -0.15) is 0 Å². The van der Waals surface area contributed by atoms with Gasteiger partial charge in [-0.05, 0) is 51.5 Å². The number of halogens is 1. The third kappa shape index (κ3) is 4.76. The van der Waals surface area contributed by atoms with Crippen LogP contribution >= 0.6 is 0 Å². The molecule has 0 saturated heterocycles. The zero-order valence-electron chi connectivity index (χ0n) is 16.0. The molecule has 10 heteroatoms. The first-order valence-electron chi connectivity index (χ1n) is 8.48. The van der Waals surface area contributed by atoms with E-state index in [2.05, 4.69) is 15.0 Å². The van der Waals surface area contributed by atoms with Gasteiger partial charge in [0.05, 0.1) is 13.2 Å².